The van der Waals surface area contributed by atoms with Crippen LogP contribution in [-0.4, -0.2) is 30.5 Å². The van der Waals surface area contributed by atoms with E-state index < -0.39 is 0 Å². The molecule has 8 nitrogen and oxygen atoms in total. The van der Waals surface area contributed by atoms with Crippen LogP contribution in [-0.2, 0) is 24.1 Å². The molecule has 3 heterocycles. The largest absolute Gasteiger partial charge is 0.302 e. The molecule has 0 fully saturated rings. The molecule has 4 rings (SSSR count). The average molecular weight is 344 g/mol. The number of aromatic nitrogens is 5. The molecule has 0 bridgehead atoms. The number of nitrogens with zero attached hydrogens (tertiary/aromatic N) is 4. The van der Waals surface area contributed by atoms with Crippen molar-refractivity contribution >= 4 is 28.2 Å². The van der Waals surface area contributed by atoms with Gasteiger partial charge in [0, 0.05) is 16.9 Å². The van der Waals surface area contributed by atoms with Crippen LogP contribution in [0.3, 0.4) is 0 Å². The number of nitrogens with one attached hydrogen (secondary N) is 2. The number of amides is 1. The summed E-state index contributed by atoms with van der Waals surface area (Å²) in [6.07, 6.45) is 5.15. The number of carbonyl (C=O) groups is 1. The Morgan fingerprint density at radius 1 is 1.42 bits per heavy atom. The summed E-state index contributed by atoms with van der Waals surface area (Å²) in [6.45, 7) is 1.76. The van der Waals surface area contributed by atoms with E-state index in [1.165, 1.54) is 15.7 Å². The zero-order chi connectivity index (χ0) is 16.7. The SMILES string of the molecule is Cc1nc2nc[nH]n2c(=O)c1CCC(=O)Nc1nc2c(s1)CCC2. The molecule has 0 atom stereocenters. The van der Waals surface area contributed by atoms with E-state index in [1.807, 2.05) is 0 Å². The van der Waals surface area contributed by atoms with Gasteiger partial charge in [0.05, 0.1) is 11.4 Å². The molecule has 124 valence electrons. The molecule has 9 heteroatoms. The summed E-state index contributed by atoms with van der Waals surface area (Å²) in [5.41, 5.74) is 2.02. The lowest BCUT2D eigenvalue weighted by atomic mass is 10.1. The molecule has 0 aromatic carbocycles. The van der Waals surface area contributed by atoms with Crippen LogP contribution >= 0.6 is 11.3 Å². The van der Waals surface area contributed by atoms with Gasteiger partial charge in [0.2, 0.25) is 5.91 Å². The van der Waals surface area contributed by atoms with E-state index in [-0.39, 0.29) is 17.9 Å². The molecule has 24 heavy (non-hydrogen) atoms. The number of anilines is 1. The molecule has 0 saturated heterocycles. The van der Waals surface area contributed by atoms with Gasteiger partial charge in [-0.15, -0.1) is 11.3 Å². The van der Waals surface area contributed by atoms with Crippen LogP contribution in [0.5, 0.6) is 0 Å². The smallest absolute Gasteiger partial charge is 0.277 e. The maximum Gasteiger partial charge on any atom is 0.277 e. The van der Waals surface area contributed by atoms with Gasteiger partial charge >= 0.3 is 0 Å². The van der Waals surface area contributed by atoms with Gasteiger partial charge in [0.15, 0.2) is 5.13 Å². The molecule has 1 amide bonds. The second-order valence-corrected chi connectivity index (χ2v) is 6.88. The standard InChI is InChI=1S/C15H16N6O2S/c1-8-9(13(23)21-14(18-8)16-7-17-21)5-6-12(22)20-15-19-10-3-2-4-11(10)24-15/h7H,2-6H2,1H3,(H,16,17,18)(H,19,20,22). The van der Waals surface area contributed by atoms with Crippen LogP contribution in [0.2, 0.25) is 0 Å². The molecular formula is C15H16N6O2S. The third-order valence-electron chi connectivity index (χ3n) is 4.18. The molecule has 3 aromatic heterocycles. The Hall–Kier alpha value is -2.55. The van der Waals surface area contributed by atoms with Gasteiger partial charge in [-0.25, -0.2) is 15.0 Å². The maximum atomic E-state index is 12.4. The number of hydrogen-bond acceptors (Lipinski definition) is 6. The molecule has 3 aromatic rings. The second-order valence-electron chi connectivity index (χ2n) is 5.79. The summed E-state index contributed by atoms with van der Waals surface area (Å²) in [5, 5.41) is 6.21. The van der Waals surface area contributed by atoms with Crippen molar-refractivity contribution in [1.29, 1.82) is 0 Å². The van der Waals surface area contributed by atoms with Gasteiger partial charge in [-0.05, 0) is 32.6 Å². The van der Waals surface area contributed by atoms with Crippen LogP contribution in [0.1, 0.15) is 34.7 Å². The molecule has 0 radical (unpaired) electrons. The molecule has 2 N–H and O–H groups in total. The zero-order valence-corrected chi connectivity index (χ0v) is 13.9. The molecule has 1 aliphatic carbocycles. The summed E-state index contributed by atoms with van der Waals surface area (Å²) in [7, 11) is 0. The van der Waals surface area contributed by atoms with Crippen molar-refractivity contribution in [3.63, 3.8) is 0 Å². The fourth-order valence-electron chi connectivity index (χ4n) is 2.95. The number of rotatable bonds is 4. The summed E-state index contributed by atoms with van der Waals surface area (Å²) in [6, 6.07) is 0. The Bertz CT molecular complexity index is 964. The van der Waals surface area contributed by atoms with E-state index in [2.05, 4.69) is 25.4 Å². The first kappa shape index (κ1) is 15.0. The minimum atomic E-state index is -0.212. The van der Waals surface area contributed by atoms with Gasteiger partial charge < -0.3 is 5.32 Å². The van der Waals surface area contributed by atoms with Crippen molar-refractivity contribution in [2.45, 2.75) is 39.0 Å². The topological polar surface area (TPSA) is 105 Å². The highest BCUT2D eigenvalue weighted by molar-refractivity contribution is 7.15. The number of aromatic amines is 1. The Labute approximate surface area is 141 Å². The summed E-state index contributed by atoms with van der Waals surface area (Å²) >= 11 is 1.55. The first-order valence-electron chi connectivity index (χ1n) is 7.82. The normalized spacial score (nSPS) is 13.4. The van der Waals surface area contributed by atoms with E-state index in [1.54, 1.807) is 18.3 Å². The number of carbonyl (C=O) groups excluding carboxylic acids is 1. The van der Waals surface area contributed by atoms with Crippen LogP contribution in [0.4, 0.5) is 5.13 Å². The second kappa shape index (κ2) is 5.82. The van der Waals surface area contributed by atoms with Gasteiger partial charge in [-0.3, -0.25) is 14.7 Å². The third kappa shape index (κ3) is 2.60. The third-order valence-corrected chi connectivity index (χ3v) is 5.25. The Kier molecular flexibility index (Phi) is 3.64. The van der Waals surface area contributed by atoms with E-state index in [0.29, 0.717) is 28.6 Å². The minimum absolute atomic E-state index is 0.143. The van der Waals surface area contributed by atoms with Crippen molar-refractivity contribution in [3.8, 4) is 0 Å². The molecule has 1 aliphatic rings. The van der Waals surface area contributed by atoms with Crippen molar-refractivity contribution in [3.05, 3.63) is 38.5 Å². The van der Waals surface area contributed by atoms with E-state index in [9.17, 15) is 9.59 Å². The molecule has 0 aliphatic heterocycles. The summed E-state index contributed by atoms with van der Waals surface area (Å²) in [5.74, 6) is 0.193. The monoisotopic (exact) mass is 344 g/mol. The molecule has 0 unspecified atom stereocenters. The minimum Gasteiger partial charge on any atom is -0.302 e. The van der Waals surface area contributed by atoms with Crippen molar-refractivity contribution in [2.75, 3.05) is 5.32 Å². The lowest BCUT2D eigenvalue weighted by Gasteiger charge is -2.05. The van der Waals surface area contributed by atoms with Crippen molar-refractivity contribution < 1.29 is 4.79 Å². The van der Waals surface area contributed by atoms with Gasteiger partial charge in [-0.2, -0.15) is 4.52 Å². The van der Waals surface area contributed by atoms with Crippen LogP contribution < -0.4 is 10.9 Å². The van der Waals surface area contributed by atoms with Gasteiger partial charge in [0.25, 0.3) is 11.3 Å². The quantitative estimate of drug-likeness (QED) is 0.741. The maximum absolute atomic E-state index is 12.4. The number of aryl methyl sites for hydroxylation is 3. The Balaban J connectivity index is 1.46. The highest BCUT2D eigenvalue weighted by Crippen LogP contribution is 2.30. The number of fused-ring (bicyclic) bond motifs is 2. The van der Waals surface area contributed by atoms with Crippen LogP contribution in [0, 0.1) is 6.92 Å². The van der Waals surface area contributed by atoms with E-state index in [0.717, 1.165) is 25.0 Å². The lowest BCUT2D eigenvalue weighted by molar-refractivity contribution is -0.116. The number of hydrogen-bond donors (Lipinski definition) is 2. The van der Waals surface area contributed by atoms with Gasteiger partial charge in [0.1, 0.15) is 6.33 Å². The van der Waals surface area contributed by atoms with E-state index in [4.69, 9.17) is 0 Å². The van der Waals surface area contributed by atoms with E-state index >= 15 is 0 Å². The lowest BCUT2D eigenvalue weighted by Crippen LogP contribution is -2.23. The van der Waals surface area contributed by atoms with Crippen LogP contribution in [0.15, 0.2) is 11.1 Å². The van der Waals surface area contributed by atoms with Crippen LogP contribution in [0.25, 0.3) is 5.78 Å². The first-order valence-corrected chi connectivity index (χ1v) is 8.63. The number of thiazole rings is 1. The zero-order valence-electron chi connectivity index (χ0n) is 13.1. The fourth-order valence-corrected chi connectivity index (χ4v) is 4.01. The fraction of sp³-hybridized carbons (Fsp3) is 0.400. The molecule has 0 spiro atoms. The Morgan fingerprint density at radius 2 is 2.29 bits per heavy atom. The van der Waals surface area contributed by atoms with Gasteiger partial charge in [-0.1, -0.05) is 0 Å². The first-order chi connectivity index (χ1) is 11.6. The van der Waals surface area contributed by atoms with Crippen molar-refractivity contribution in [2.24, 2.45) is 0 Å². The number of H-pyrrole nitrogens is 1. The van der Waals surface area contributed by atoms with Crippen molar-refractivity contribution in [1.82, 2.24) is 24.6 Å². The highest BCUT2D eigenvalue weighted by atomic mass is 32.1. The average Bonchev–Trinajstić information content (AvgIpc) is 3.22. The Morgan fingerprint density at radius 3 is 3.12 bits per heavy atom. The highest BCUT2D eigenvalue weighted by Gasteiger charge is 2.18. The summed E-state index contributed by atoms with van der Waals surface area (Å²) in [4.78, 5) is 38.5. The molecule has 0 saturated carbocycles. The predicted molar refractivity (Wildman–Crippen MR) is 89.4 cm³/mol. The summed E-state index contributed by atoms with van der Waals surface area (Å²) < 4.78 is 1.28. The molecular weight excluding hydrogens is 328 g/mol. The predicted octanol–water partition coefficient (Wildman–Crippen LogP) is 1.24.